The largest absolute Gasteiger partial charge is 0.383 e. The summed E-state index contributed by atoms with van der Waals surface area (Å²) in [6.45, 7) is 8.00. The van der Waals surface area contributed by atoms with Gasteiger partial charge in [0.1, 0.15) is 5.82 Å². The summed E-state index contributed by atoms with van der Waals surface area (Å²) in [6.07, 6.45) is 2.30. The summed E-state index contributed by atoms with van der Waals surface area (Å²) in [4.78, 5) is 18.0. The number of fused-ring (bicyclic) bond motifs is 4. The fourth-order valence-corrected chi connectivity index (χ4v) is 4.77. The van der Waals surface area contributed by atoms with Gasteiger partial charge in [0.2, 0.25) is 0 Å². The van der Waals surface area contributed by atoms with E-state index in [2.05, 4.69) is 10.00 Å². The molecule has 2 aromatic rings. The standard InChI is InChI=1S/C22H29FN4O2/c1-15-21(16(2)27(24-15)19-8-5-18(23)6-9-19)22(28)26-13-17-4-7-20(14-26)25(12-17)10-11-29-3/h5-6,8-9,17,20H,4,7,10-14H2,1-3H3/t17-,20-/m1/s1. The molecule has 1 amide bonds. The van der Waals surface area contributed by atoms with Gasteiger partial charge in [0.15, 0.2) is 0 Å². The third-order valence-electron chi connectivity index (χ3n) is 6.27. The van der Waals surface area contributed by atoms with Crippen LogP contribution >= 0.6 is 0 Å². The van der Waals surface area contributed by atoms with Crippen molar-refractivity contribution in [2.45, 2.75) is 32.7 Å². The maximum Gasteiger partial charge on any atom is 0.257 e. The van der Waals surface area contributed by atoms with Gasteiger partial charge in [-0.15, -0.1) is 0 Å². The van der Waals surface area contributed by atoms with E-state index in [4.69, 9.17) is 4.74 Å². The number of methoxy groups -OCH3 is 1. The normalized spacial score (nSPS) is 22.1. The molecule has 0 unspecified atom stereocenters. The van der Waals surface area contributed by atoms with Gasteiger partial charge in [-0.05, 0) is 56.9 Å². The quantitative estimate of drug-likeness (QED) is 0.775. The van der Waals surface area contributed by atoms with Gasteiger partial charge in [-0.3, -0.25) is 9.69 Å². The molecule has 0 saturated carbocycles. The lowest BCUT2D eigenvalue weighted by atomic mass is 9.95. The molecule has 7 heteroatoms. The molecule has 4 heterocycles. The van der Waals surface area contributed by atoms with Crippen LogP contribution in [-0.4, -0.2) is 71.4 Å². The second-order valence-electron chi connectivity index (χ2n) is 8.23. The minimum absolute atomic E-state index is 0.0545. The average Bonchev–Trinajstić information content (AvgIpc) is 2.87. The first-order valence-corrected chi connectivity index (χ1v) is 10.3. The van der Waals surface area contributed by atoms with Crippen molar-refractivity contribution in [1.82, 2.24) is 19.6 Å². The minimum atomic E-state index is -0.287. The summed E-state index contributed by atoms with van der Waals surface area (Å²) in [5, 5.41) is 4.58. The number of rotatable bonds is 5. The van der Waals surface area contributed by atoms with Gasteiger partial charge in [-0.2, -0.15) is 5.10 Å². The van der Waals surface area contributed by atoms with Gasteiger partial charge < -0.3 is 9.64 Å². The predicted molar refractivity (Wildman–Crippen MR) is 109 cm³/mol. The number of piperidine rings is 1. The third kappa shape index (κ3) is 3.94. The van der Waals surface area contributed by atoms with Gasteiger partial charge >= 0.3 is 0 Å². The average molecular weight is 400 g/mol. The van der Waals surface area contributed by atoms with Gasteiger partial charge in [0.25, 0.3) is 5.91 Å². The van der Waals surface area contributed by atoms with E-state index in [1.165, 1.54) is 18.6 Å². The summed E-state index contributed by atoms with van der Waals surface area (Å²) in [5.74, 6) is 0.269. The van der Waals surface area contributed by atoms with Crippen molar-refractivity contribution < 1.29 is 13.9 Å². The molecule has 0 aliphatic carbocycles. The molecule has 0 radical (unpaired) electrons. The Balaban J connectivity index is 1.58. The van der Waals surface area contributed by atoms with E-state index >= 15 is 0 Å². The first-order valence-electron chi connectivity index (χ1n) is 10.3. The van der Waals surface area contributed by atoms with Crippen LogP contribution in [0.2, 0.25) is 0 Å². The Morgan fingerprint density at radius 1 is 1.17 bits per heavy atom. The van der Waals surface area contributed by atoms with E-state index in [9.17, 15) is 9.18 Å². The van der Waals surface area contributed by atoms with Gasteiger partial charge in [-0.1, -0.05) is 0 Å². The molecule has 0 N–H and O–H groups in total. The molecule has 3 aliphatic rings. The van der Waals surface area contributed by atoms with E-state index in [0.29, 0.717) is 23.2 Å². The third-order valence-corrected chi connectivity index (χ3v) is 6.27. The van der Waals surface area contributed by atoms with Crippen LogP contribution in [0.1, 0.15) is 34.6 Å². The zero-order valence-corrected chi connectivity index (χ0v) is 17.4. The van der Waals surface area contributed by atoms with Crippen LogP contribution in [-0.2, 0) is 4.74 Å². The lowest BCUT2D eigenvalue weighted by Gasteiger charge is -2.35. The summed E-state index contributed by atoms with van der Waals surface area (Å²) in [5.41, 5.74) is 2.93. The van der Waals surface area contributed by atoms with Crippen molar-refractivity contribution in [2.75, 3.05) is 39.9 Å². The number of nitrogens with zero attached hydrogens (tertiary/aromatic N) is 4. The van der Waals surface area contributed by atoms with Crippen LogP contribution < -0.4 is 0 Å². The van der Waals surface area contributed by atoms with Crippen molar-refractivity contribution in [2.24, 2.45) is 5.92 Å². The Hall–Kier alpha value is -2.25. The smallest absolute Gasteiger partial charge is 0.257 e. The molecule has 3 fully saturated rings. The predicted octanol–water partition coefficient (Wildman–Crippen LogP) is 2.81. The Labute approximate surface area is 171 Å². The fourth-order valence-electron chi connectivity index (χ4n) is 4.77. The maximum atomic E-state index is 13.5. The van der Waals surface area contributed by atoms with Crippen LogP contribution in [0, 0.1) is 25.6 Å². The zero-order valence-electron chi connectivity index (χ0n) is 17.4. The number of benzene rings is 1. The van der Waals surface area contributed by atoms with E-state index in [0.717, 1.165) is 50.6 Å². The van der Waals surface area contributed by atoms with Crippen LogP contribution in [0.3, 0.4) is 0 Å². The molecule has 29 heavy (non-hydrogen) atoms. The molecule has 5 rings (SSSR count). The second-order valence-corrected chi connectivity index (χ2v) is 8.23. The van der Waals surface area contributed by atoms with Crippen molar-refractivity contribution in [3.63, 3.8) is 0 Å². The van der Waals surface area contributed by atoms with Gasteiger partial charge in [0, 0.05) is 39.3 Å². The lowest BCUT2D eigenvalue weighted by molar-refractivity contribution is 0.0716. The Kier molecular flexibility index (Phi) is 5.69. The number of hydrogen-bond donors (Lipinski definition) is 0. The van der Waals surface area contributed by atoms with E-state index in [1.54, 1.807) is 23.9 Å². The van der Waals surface area contributed by atoms with Crippen LogP contribution in [0.5, 0.6) is 0 Å². The number of aryl methyl sites for hydroxylation is 1. The molecule has 2 atom stereocenters. The second kappa shape index (κ2) is 8.24. The molecule has 3 saturated heterocycles. The molecule has 156 valence electrons. The Morgan fingerprint density at radius 2 is 1.93 bits per heavy atom. The monoisotopic (exact) mass is 400 g/mol. The van der Waals surface area contributed by atoms with Crippen LogP contribution in [0.15, 0.2) is 24.3 Å². The summed E-state index contributed by atoms with van der Waals surface area (Å²) in [6, 6.07) is 6.58. The van der Waals surface area contributed by atoms with Crippen LogP contribution in [0.25, 0.3) is 5.69 Å². The molecule has 1 aromatic heterocycles. The highest BCUT2D eigenvalue weighted by molar-refractivity contribution is 5.96. The number of amides is 1. The van der Waals surface area contributed by atoms with E-state index in [-0.39, 0.29) is 11.7 Å². The van der Waals surface area contributed by atoms with Crippen molar-refractivity contribution in [1.29, 1.82) is 0 Å². The van der Waals surface area contributed by atoms with E-state index in [1.807, 2.05) is 18.7 Å². The number of carbonyl (C=O) groups excluding carboxylic acids is 1. The van der Waals surface area contributed by atoms with Gasteiger partial charge in [-0.25, -0.2) is 9.07 Å². The molecule has 2 bridgehead atoms. The highest BCUT2D eigenvalue weighted by atomic mass is 19.1. The maximum absolute atomic E-state index is 13.5. The summed E-state index contributed by atoms with van der Waals surface area (Å²) in [7, 11) is 1.73. The van der Waals surface area contributed by atoms with Crippen LogP contribution in [0.4, 0.5) is 4.39 Å². The lowest BCUT2D eigenvalue weighted by Crippen LogP contribution is -2.45. The van der Waals surface area contributed by atoms with Crippen molar-refractivity contribution >= 4 is 5.91 Å². The molecule has 3 aliphatic heterocycles. The molecule has 1 aromatic carbocycles. The molecule has 0 spiro atoms. The summed E-state index contributed by atoms with van der Waals surface area (Å²) < 4.78 is 20.3. The highest BCUT2D eigenvalue weighted by Crippen LogP contribution is 2.29. The zero-order chi connectivity index (χ0) is 20.5. The number of halogens is 1. The molecule has 6 nitrogen and oxygen atoms in total. The fraction of sp³-hybridized carbons (Fsp3) is 0.545. The summed E-state index contributed by atoms with van der Waals surface area (Å²) >= 11 is 0. The molecular formula is C22H29FN4O2. The Morgan fingerprint density at radius 3 is 2.66 bits per heavy atom. The topological polar surface area (TPSA) is 50.6 Å². The first kappa shape index (κ1) is 20.0. The molecular weight excluding hydrogens is 371 g/mol. The number of ether oxygens (including phenoxy) is 1. The van der Waals surface area contributed by atoms with E-state index < -0.39 is 0 Å². The number of aromatic nitrogens is 2. The minimum Gasteiger partial charge on any atom is -0.383 e. The Bertz CT molecular complexity index is 880. The highest BCUT2D eigenvalue weighted by Gasteiger charge is 2.37. The SMILES string of the molecule is COCCN1C[C@H]2CC[C@@H]1CN(C(=O)c1c(C)nn(-c3ccc(F)cc3)c1C)C2. The number of hydrogen-bond acceptors (Lipinski definition) is 4. The van der Waals surface area contributed by atoms with Crippen molar-refractivity contribution in [3.8, 4) is 5.69 Å². The van der Waals surface area contributed by atoms with Crippen molar-refractivity contribution in [3.05, 3.63) is 47.0 Å². The van der Waals surface area contributed by atoms with Gasteiger partial charge in [0.05, 0.1) is 29.2 Å². The first-order chi connectivity index (χ1) is 14.0. The number of carbonyl (C=O) groups is 1.